The minimum absolute atomic E-state index is 0.0574. The normalized spacial score (nSPS) is 18.6. The SMILES string of the molecule is O=C(CCCCCCC(=O)C1(F)C#CCCCCC1)NCCSSc1ccccn1. The zero-order valence-corrected chi connectivity index (χ0v) is 19.1. The molecule has 1 aromatic rings. The van der Waals surface area contributed by atoms with Crippen LogP contribution in [-0.2, 0) is 9.59 Å². The lowest BCUT2D eigenvalue weighted by atomic mass is 9.89. The Hall–Kier alpha value is -1.52. The van der Waals surface area contributed by atoms with E-state index >= 15 is 0 Å². The van der Waals surface area contributed by atoms with Crippen molar-refractivity contribution in [3.63, 3.8) is 0 Å². The maximum absolute atomic E-state index is 14.8. The number of halogens is 1. The van der Waals surface area contributed by atoms with Gasteiger partial charge in [0.05, 0.1) is 0 Å². The van der Waals surface area contributed by atoms with Crippen molar-refractivity contribution in [2.75, 3.05) is 12.3 Å². The highest BCUT2D eigenvalue weighted by molar-refractivity contribution is 8.76. The third kappa shape index (κ3) is 9.99. The largest absolute Gasteiger partial charge is 0.355 e. The molecule has 1 atom stereocenters. The number of alkyl halides is 1. The summed E-state index contributed by atoms with van der Waals surface area (Å²) in [5.74, 6) is 5.91. The first-order valence-corrected chi connectivity index (χ1v) is 13.1. The highest BCUT2D eigenvalue weighted by Crippen LogP contribution is 2.28. The van der Waals surface area contributed by atoms with Gasteiger partial charge in [-0.2, -0.15) is 0 Å². The molecule has 0 aromatic carbocycles. The van der Waals surface area contributed by atoms with Gasteiger partial charge in [0, 0.05) is 44.2 Å². The zero-order valence-electron chi connectivity index (χ0n) is 17.5. The monoisotopic (exact) mass is 450 g/mol. The summed E-state index contributed by atoms with van der Waals surface area (Å²) < 4.78 is 14.8. The van der Waals surface area contributed by atoms with Gasteiger partial charge in [0.1, 0.15) is 5.03 Å². The quantitative estimate of drug-likeness (QED) is 0.243. The number of carbonyl (C=O) groups is 2. The zero-order chi connectivity index (χ0) is 21.5. The van der Waals surface area contributed by atoms with Gasteiger partial charge < -0.3 is 5.32 Å². The lowest BCUT2D eigenvalue weighted by Crippen LogP contribution is -2.32. The topological polar surface area (TPSA) is 59.1 Å². The molecule has 0 fully saturated rings. The number of ketones is 1. The molecule has 2 rings (SSSR count). The van der Waals surface area contributed by atoms with Crippen LogP contribution in [0.5, 0.6) is 0 Å². The molecule has 30 heavy (non-hydrogen) atoms. The van der Waals surface area contributed by atoms with Gasteiger partial charge in [0.25, 0.3) is 0 Å². The summed E-state index contributed by atoms with van der Waals surface area (Å²) in [6, 6.07) is 5.80. The Balaban J connectivity index is 1.47. The minimum atomic E-state index is -1.94. The van der Waals surface area contributed by atoms with Crippen molar-refractivity contribution >= 4 is 33.3 Å². The number of amides is 1. The molecular formula is C23H31FN2O2S2. The molecule has 1 heterocycles. The van der Waals surface area contributed by atoms with Crippen molar-refractivity contribution in [1.29, 1.82) is 0 Å². The summed E-state index contributed by atoms with van der Waals surface area (Å²) in [5.41, 5.74) is -1.94. The van der Waals surface area contributed by atoms with Crippen LogP contribution in [0.1, 0.15) is 70.6 Å². The van der Waals surface area contributed by atoms with Crippen LogP contribution >= 0.6 is 21.6 Å². The number of nitrogens with one attached hydrogen (secondary N) is 1. The first-order valence-electron chi connectivity index (χ1n) is 10.8. The molecule has 164 valence electrons. The van der Waals surface area contributed by atoms with E-state index in [1.54, 1.807) is 27.8 Å². The van der Waals surface area contributed by atoms with E-state index in [9.17, 15) is 14.0 Å². The van der Waals surface area contributed by atoms with E-state index in [4.69, 9.17) is 0 Å². The van der Waals surface area contributed by atoms with E-state index < -0.39 is 5.67 Å². The van der Waals surface area contributed by atoms with E-state index in [0.717, 1.165) is 49.3 Å². The number of nitrogens with zero attached hydrogens (tertiary/aromatic N) is 1. The van der Waals surface area contributed by atoms with Crippen molar-refractivity contribution in [3.8, 4) is 11.8 Å². The number of unbranched alkanes of at least 4 members (excludes halogenated alkanes) is 3. The van der Waals surface area contributed by atoms with E-state index in [0.29, 0.717) is 25.8 Å². The molecule has 0 saturated carbocycles. The molecular weight excluding hydrogens is 419 g/mol. The molecule has 0 radical (unpaired) electrons. The molecule has 1 amide bonds. The van der Waals surface area contributed by atoms with Gasteiger partial charge in [-0.1, -0.05) is 48.0 Å². The van der Waals surface area contributed by atoms with Crippen LogP contribution in [0.4, 0.5) is 4.39 Å². The van der Waals surface area contributed by atoms with Gasteiger partial charge in [0.15, 0.2) is 5.78 Å². The van der Waals surface area contributed by atoms with Crippen LogP contribution in [0, 0.1) is 11.8 Å². The Morgan fingerprint density at radius 2 is 1.97 bits per heavy atom. The maximum Gasteiger partial charge on any atom is 0.228 e. The first kappa shape index (κ1) is 24.7. The summed E-state index contributed by atoms with van der Waals surface area (Å²) in [6.07, 6.45) is 9.23. The van der Waals surface area contributed by atoms with Gasteiger partial charge >= 0.3 is 0 Å². The standard InChI is InChI=1S/C23H31FN2O2S2/c24-23(15-9-4-1-5-10-16-23)20(27)12-6-2-3-7-13-21(28)25-18-19-29-30-22-14-8-11-17-26-22/h8,11,14,17H,1-7,9,12-13,15,18-19H2,(H,25,28). The summed E-state index contributed by atoms with van der Waals surface area (Å²) >= 11 is 0. The van der Waals surface area contributed by atoms with Gasteiger partial charge in [-0.3, -0.25) is 9.59 Å². The molecule has 0 saturated heterocycles. The molecule has 7 heteroatoms. The number of rotatable bonds is 13. The summed E-state index contributed by atoms with van der Waals surface area (Å²) in [4.78, 5) is 28.3. The van der Waals surface area contributed by atoms with Crippen LogP contribution in [-0.4, -0.2) is 34.6 Å². The molecule has 0 aliphatic heterocycles. The van der Waals surface area contributed by atoms with Crippen LogP contribution in [0.3, 0.4) is 0 Å². The van der Waals surface area contributed by atoms with E-state index in [1.807, 2.05) is 18.2 Å². The van der Waals surface area contributed by atoms with Gasteiger partial charge in [-0.15, -0.1) is 0 Å². The lowest BCUT2D eigenvalue weighted by molar-refractivity contribution is -0.127. The van der Waals surface area contributed by atoms with Crippen LogP contribution in [0.25, 0.3) is 0 Å². The highest BCUT2D eigenvalue weighted by Gasteiger charge is 2.35. The van der Waals surface area contributed by atoms with Crippen molar-refractivity contribution in [3.05, 3.63) is 24.4 Å². The fourth-order valence-corrected chi connectivity index (χ4v) is 4.96. The Morgan fingerprint density at radius 1 is 1.13 bits per heavy atom. The molecule has 1 aromatic heterocycles. The van der Waals surface area contributed by atoms with Crippen molar-refractivity contribution in [2.45, 2.75) is 81.3 Å². The second-order valence-corrected chi connectivity index (χ2v) is 9.86. The molecule has 1 unspecified atom stereocenters. The average molecular weight is 451 g/mol. The van der Waals surface area contributed by atoms with Crippen molar-refractivity contribution in [1.82, 2.24) is 10.3 Å². The molecule has 1 aliphatic carbocycles. The van der Waals surface area contributed by atoms with Crippen LogP contribution in [0.2, 0.25) is 0 Å². The van der Waals surface area contributed by atoms with E-state index in [2.05, 4.69) is 22.1 Å². The number of pyridine rings is 1. The van der Waals surface area contributed by atoms with Gasteiger partial charge in [-0.05, 0) is 48.6 Å². The number of Topliss-reactive ketones (excluding diaryl/α,β-unsaturated/α-hetero) is 1. The minimum Gasteiger partial charge on any atom is -0.355 e. The van der Waals surface area contributed by atoms with Crippen molar-refractivity contribution in [2.24, 2.45) is 0 Å². The molecule has 0 spiro atoms. The first-order chi connectivity index (χ1) is 14.6. The summed E-state index contributed by atoms with van der Waals surface area (Å²) in [5, 5.41) is 3.89. The number of hydrogen-bond donors (Lipinski definition) is 1. The van der Waals surface area contributed by atoms with Crippen LogP contribution < -0.4 is 5.32 Å². The summed E-state index contributed by atoms with van der Waals surface area (Å²) in [6.45, 7) is 0.636. The fourth-order valence-electron chi connectivity index (χ4n) is 3.17. The van der Waals surface area contributed by atoms with Gasteiger partial charge in [0.2, 0.25) is 11.6 Å². The predicted molar refractivity (Wildman–Crippen MR) is 123 cm³/mol. The smallest absolute Gasteiger partial charge is 0.228 e. The fraction of sp³-hybridized carbons (Fsp3) is 0.609. The third-order valence-corrected chi connectivity index (χ3v) is 7.17. The van der Waals surface area contributed by atoms with Crippen molar-refractivity contribution < 1.29 is 14.0 Å². The Morgan fingerprint density at radius 3 is 2.77 bits per heavy atom. The summed E-state index contributed by atoms with van der Waals surface area (Å²) in [7, 11) is 3.27. The number of aromatic nitrogens is 1. The maximum atomic E-state index is 14.8. The van der Waals surface area contributed by atoms with E-state index in [-0.39, 0.29) is 24.5 Å². The highest BCUT2D eigenvalue weighted by atomic mass is 33.1. The number of hydrogen-bond acceptors (Lipinski definition) is 5. The molecule has 1 aliphatic rings. The van der Waals surface area contributed by atoms with Gasteiger partial charge in [-0.25, -0.2) is 9.37 Å². The third-order valence-electron chi connectivity index (χ3n) is 4.90. The Labute approximate surface area is 187 Å². The molecule has 0 bridgehead atoms. The molecule has 4 nitrogen and oxygen atoms in total. The Bertz CT molecular complexity index is 721. The second-order valence-electron chi connectivity index (χ2n) is 7.42. The molecule has 1 N–H and O–H groups in total. The van der Waals surface area contributed by atoms with Crippen LogP contribution in [0.15, 0.2) is 29.4 Å². The Kier molecular flexibility index (Phi) is 11.9. The lowest BCUT2D eigenvalue weighted by Gasteiger charge is -2.19. The number of carbonyl (C=O) groups excluding carboxylic acids is 2. The average Bonchev–Trinajstić information content (AvgIpc) is 2.73. The predicted octanol–water partition coefficient (Wildman–Crippen LogP) is 5.52. The second kappa shape index (κ2) is 14.5. The van der Waals surface area contributed by atoms with E-state index in [1.165, 1.54) is 0 Å².